The van der Waals surface area contributed by atoms with Crippen LogP contribution >= 0.6 is 0 Å². The second-order valence-corrected chi connectivity index (χ2v) is 3.18. The van der Waals surface area contributed by atoms with Crippen molar-refractivity contribution in [2.75, 3.05) is 5.73 Å². The van der Waals surface area contributed by atoms with Gasteiger partial charge in [0.2, 0.25) is 5.88 Å². The molecule has 1 aromatic heterocycles. The lowest BCUT2D eigenvalue weighted by Gasteiger charge is -2.03. The molecular formula is C12H10N2O2. The van der Waals surface area contributed by atoms with Crippen LogP contribution in [0.4, 0.5) is 5.69 Å². The molecule has 0 unspecified atom stereocenters. The van der Waals surface area contributed by atoms with Crippen LogP contribution in [0, 0.1) is 0 Å². The van der Waals surface area contributed by atoms with E-state index in [-0.39, 0.29) is 5.88 Å². The van der Waals surface area contributed by atoms with Gasteiger partial charge in [-0.1, -0.05) is 18.2 Å². The number of nitrogens with two attached hydrogens (primary N) is 1. The van der Waals surface area contributed by atoms with Crippen molar-refractivity contribution in [3.63, 3.8) is 0 Å². The normalized spacial score (nSPS) is 9.75. The first-order valence-electron chi connectivity index (χ1n) is 4.74. The predicted octanol–water partition coefficient (Wildman–Crippen LogP) is 1.88. The average molecular weight is 214 g/mol. The lowest BCUT2D eigenvalue weighted by Crippen LogP contribution is -2.09. The Balaban J connectivity index is 2.14. The van der Waals surface area contributed by atoms with Crippen LogP contribution < -0.4 is 10.5 Å². The van der Waals surface area contributed by atoms with Crippen molar-refractivity contribution in [2.24, 2.45) is 0 Å². The van der Waals surface area contributed by atoms with Crippen LogP contribution in [0.3, 0.4) is 0 Å². The number of benzene rings is 1. The minimum absolute atomic E-state index is 0.203. The zero-order chi connectivity index (χ0) is 11.4. The van der Waals surface area contributed by atoms with Gasteiger partial charge in [0.1, 0.15) is 0 Å². The van der Waals surface area contributed by atoms with Crippen LogP contribution in [0.25, 0.3) is 0 Å². The number of anilines is 1. The van der Waals surface area contributed by atoms with Crippen molar-refractivity contribution in [3.8, 4) is 5.88 Å². The average Bonchev–Trinajstić information content (AvgIpc) is 2.30. The molecule has 2 rings (SSSR count). The molecule has 16 heavy (non-hydrogen) atoms. The number of ether oxygens (including phenoxy) is 1. The second-order valence-electron chi connectivity index (χ2n) is 3.18. The molecule has 4 nitrogen and oxygen atoms in total. The van der Waals surface area contributed by atoms with Gasteiger partial charge in [0.25, 0.3) is 0 Å². The van der Waals surface area contributed by atoms with Crippen molar-refractivity contribution in [3.05, 3.63) is 54.2 Å². The van der Waals surface area contributed by atoms with Gasteiger partial charge in [0.15, 0.2) is 0 Å². The first kappa shape index (κ1) is 10.2. The number of hydrogen-bond acceptors (Lipinski definition) is 4. The van der Waals surface area contributed by atoms with Crippen LogP contribution in [-0.2, 0) is 0 Å². The lowest BCUT2D eigenvalue weighted by molar-refractivity contribution is 0.0727. The molecule has 0 bridgehead atoms. The van der Waals surface area contributed by atoms with E-state index in [2.05, 4.69) is 4.98 Å². The maximum Gasteiger partial charge on any atom is 0.344 e. The molecule has 0 aliphatic carbocycles. The molecule has 0 aliphatic heterocycles. The number of carbonyl (C=O) groups is 1. The molecule has 1 heterocycles. The molecule has 2 N–H and O–H groups in total. The molecule has 2 aromatic rings. The minimum Gasteiger partial charge on any atom is -0.404 e. The second kappa shape index (κ2) is 4.44. The Morgan fingerprint density at radius 1 is 1.19 bits per heavy atom. The first-order chi connectivity index (χ1) is 7.75. The van der Waals surface area contributed by atoms with Crippen LogP contribution in [0.1, 0.15) is 10.4 Å². The molecule has 0 radical (unpaired) electrons. The van der Waals surface area contributed by atoms with Crippen LogP contribution in [0.15, 0.2) is 48.7 Å². The zero-order valence-corrected chi connectivity index (χ0v) is 8.46. The van der Waals surface area contributed by atoms with Crippen LogP contribution in [0.5, 0.6) is 5.88 Å². The van der Waals surface area contributed by atoms with Crippen LogP contribution in [-0.4, -0.2) is 11.0 Å². The summed E-state index contributed by atoms with van der Waals surface area (Å²) in [7, 11) is 0. The van der Waals surface area contributed by atoms with Gasteiger partial charge in [-0.2, -0.15) is 0 Å². The number of esters is 1. The molecule has 0 saturated heterocycles. The van der Waals surface area contributed by atoms with Crippen molar-refractivity contribution in [2.45, 2.75) is 0 Å². The number of nitrogen functional groups attached to an aromatic ring is 1. The largest absolute Gasteiger partial charge is 0.404 e. The van der Waals surface area contributed by atoms with E-state index in [1.54, 1.807) is 30.3 Å². The van der Waals surface area contributed by atoms with Gasteiger partial charge >= 0.3 is 5.97 Å². The Morgan fingerprint density at radius 2 is 1.94 bits per heavy atom. The van der Waals surface area contributed by atoms with E-state index in [1.165, 1.54) is 12.3 Å². The number of carbonyl (C=O) groups excluding carboxylic acids is 1. The number of aromatic nitrogens is 1. The Morgan fingerprint density at radius 3 is 2.62 bits per heavy atom. The fourth-order valence-corrected chi connectivity index (χ4v) is 1.21. The van der Waals surface area contributed by atoms with Crippen molar-refractivity contribution in [1.29, 1.82) is 0 Å². The lowest BCUT2D eigenvalue weighted by atomic mass is 10.2. The summed E-state index contributed by atoms with van der Waals surface area (Å²) in [5.41, 5.74) is 6.53. The molecule has 80 valence electrons. The molecule has 0 atom stereocenters. The third-order valence-corrected chi connectivity index (χ3v) is 1.97. The van der Waals surface area contributed by atoms with Gasteiger partial charge in [0.05, 0.1) is 5.56 Å². The van der Waals surface area contributed by atoms with Gasteiger partial charge in [-0.15, -0.1) is 0 Å². The Bertz CT molecular complexity index is 497. The molecular weight excluding hydrogens is 204 g/mol. The summed E-state index contributed by atoms with van der Waals surface area (Å²) in [6, 6.07) is 11.8. The highest BCUT2D eigenvalue weighted by molar-refractivity contribution is 5.90. The number of rotatable bonds is 2. The van der Waals surface area contributed by atoms with E-state index < -0.39 is 5.97 Å². The quantitative estimate of drug-likeness (QED) is 0.775. The number of pyridine rings is 1. The first-order valence-corrected chi connectivity index (χ1v) is 4.74. The summed E-state index contributed by atoms with van der Waals surface area (Å²) < 4.78 is 5.05. The molecule has 1 aromatic carbocycles. The van der Waals surface area contributed by atoms with Gasteiger partial charge in [0, 0.05) is 18.0 Å². The highest BCUT2D eigenvalue weighted by Crippen LogP contribution is 2.12. The topological polar surface area (TPSA) is 65.2 Å². The molecule has 4 heteroatoms. The summed E-state index contributed by atoms with van der Waals surface area (Å²) in [5, 5.41) is 0. The summed E-state index contributed by atoms with van der Waals surface area (Å²) in [5.74, 6) is -0.243. The third kappa shape index (κ3) is 2.36. The molecule has 0 fully saturated rings. The van der Waals surface area contributed by atoms with Crippen molar-refractivity contribution in [1.82, 2.24) is 4.98 Å². The Labute approximate surface area is 92.7 Å². The summed E-state index contributed by atoms with van der Waals surface area (Å²) in [4.78, 5) is 15.5. The molecule has 0 amide bonds. The van der Waals surface area contributed by atoms with Crippen LogP contribution in [0.2, 0.25) is 0 Å². The maximum atomic E-state index is 11.6. The van der Waals surface area contributed by atoms with E-state index in [4.69, 9.17) is 10.5 Å². The van der Waals surface area contributed by atoms with Gasteiger partial charge in [-0.3, -0.25) is 0 Å². The van der Waals surface area contributed by atoms with E-state index >= 15 is 0 Å². The van der Waals surface area contributed by atoms with Gasteiger partial charge in [-0.05, 0) is 18.2 Å². The molecule has 0 spiro atoms. The van der Waals surface area contributed by atoms with Gasteiger partial charge < -0.3 is 10.5 Å². The van der Waals surface area contributed by atoms with E-state index in [0.29, 0.717) is 11.3 Å². The van der Waals surface area contributed by atoms with Gasteiger partial charge in [-0.25, -0.2) is 9.78 Å². The molecule has 0 saturated carbocycles. The predicted molar refractivity (Wildman–Crippen MR) is 60.0 cm³/mol. The SMILES string of the molecule is Nc1ccnc(OC(=O)c2ccccc2)c1. The number of hydrogen-bond donors (Lipinski definition) is 1. The van der Waals surface area contributed by atoms with E-state index in [0.717, 1.165) is 0 Å². The smallest absolute Gasteiger partial charge is 0.344 e. The highest BCUT2D eigenvalue weighted by atomic mass is 16.5. The standard InChI is InChI=1S/C12H10N2O2/c13-10-6-7-14-11(8-10)16-12(15)9-4-2-1-3-5-9/h1-8H,(H2,13,14). The summed E-state index contributed by atoms with van der Waals surface area (Å²) >= 11 is 0. The Hall–Kier alpha value is -2.36. The van der Waals surface area contributed by atoms with E-state index in [1.807, 2.05) is 6.07 Å². The number of nitrogens with zero attached hydrogens (tertiary/aromatic N) is 1. The minimum atomic E-state index is -0.446. The fourth-order valence-electron chi connectivity index (χ4n) is 1.21. The summed E-state index contributed by atoms with van der Waals surface area (Å²) in [6.07, 6.45) is 1.49. The van der Waals surface area contributed by atoms with Crippen molar-refractivity contribution < 1.29 is 9.53 Å². The fraction of sp³-hybridized carbons (Fsp3) is 0. The third-order valence-electron chi connectivity index (χ3n) is 1.97. The maximum absolute atomic E-state index is 11.6. The zero-order valence-electron chi connectivity index (χ0n) is 8.46. The highest BCUT2D eigenvalue weighted by Gasteiger charge is 2.08. The monoisotopic (exact) mass is 214 g/mol. The molecule has 0 aliphatic rings. The van der Waals surface area contributed by atoms with E-state index in [9.17, 15) is 4.79 Å². The Kier molecular flexibility index (Phi) is 2.82. The summed E-state index contributed by atoms with van der Waals surface area (Å²) in [6.45, 7) is 0. The van der Waals surface area contributed by atoms with Crippen molar-refractivity contribution >= 4 is 11.7 Å².